The molecule has 0 saturated carbocycles. The third-order valence-electron chi connectivity index (χ3n) is 4.02. The molecule has 0 unspecified atom stereocenters. The Balaban J connectivity index is 1.89. The number of nitrogens with one attached hydrogen (secondary N) is 2. The van der Waals surface area contributed by atoms with Gasteiger partial charge in [-0.1, -0.05) is 18.2 Å². The van der Waals surface area contributed by atoms with E-state index >= 15 is 0 Å². The molecule has 140 valence electrons. The van der Waals surface area contributed by atoms with Crippen LogP contribution in [-0.4, -0.2) is 21.2 Å². The van der Waals surface area contributed by atoms with E-state index in [1.54, 1.807) is 19.1 Å². The number of aromatic nitrogens is 2. The number of anilines is 1. The van der Waals surface area contributed by atoms with Gasteiger partial charge in [0.25, 0.3) is 5.91 Å². The molecular formula is C19H16F3N3O2. The lowest BCUT2D eigenvalue weighted by Gasteiger charge is -2.12. The van der Waals surface area contributed by atoms with Crippen LogP contribution in [0.2, 0.25) is 0 Å². The Labute approximate surface area is 152 Å². The van der Waals surface area contributed by atoms with E-state index in [1.165, 1.54) is 24.3 Å². The number of rotatable bonds is 3. The highest BCUT2D eigenvalue weighted by Crippen LogP contribution is 2.35. The Morgan fingerprint density at radius 2 is 1.85 bits per heavy atom. The maximum atomic E-state index is 13.0. The second-order valence-corrected chi connectivity index (χ2v) is 6.14. The number of carbonyl (C=O) groups is 1. The number of carbonyl (C=O) groups excluding carboxylic acids is 1. The summed E-state index contributed by atoms with van der Waals surface area (Å²) in [4.78, 5) is 12.3. The summed E-state index contributed by atoms with van der Waals surface area (Å²) in [6.07, 6.45) is -4.59. The van der Waals surface area contributed by atoms with Gasteiger partial charge in [-0.2, -0.15) is 18.3 Å². The zero-order chi connectivity index (χ0) is 19.8. The molecule has 0 bridgehead atoms. The van der Waals surface area contributed by atoms with Crippen LogP contribution in [-0.2, 0) is 6.18 Å². The van der Waals surface area contributed by atoms with Gasteiger partial charge in [-0.05, 0) is 49.2 Å². The number of amides is 1. The lowest BCUT2D eigenvalue weighted by atomic mass is 10.0. The van der Waals surface area contributed by atoms with Gasteiger partial charge in [0.1, 0.15) is 11.4 Å². The first-order valence-corrected chi connectivity index (χ1v) is 8.00. The zero-order valence-electron chi connectivity index (χ0n) is 14.5. The van der Waals surface area contributed by atoms with Crippen molar-refractivity contribution in [1.29, 1.82) is 0 Å². The molecule has 2 aromatic carbocycles. The average molecular weight is 375 g/mol. The summed E-state index contributed by atoms with van der Waals surface area (Å²) in [6, 6.07) is 9.59. The molecule has 3 rings (SSSR count). The van der Waals surface area contributed by atoms with Crippen LogP contribution in [0.4, 0.5) is 18.9 Å². The number of hydrogen-bond acceptors (Lipinski definition) is 3. The number of phenols is 1. The summed E-state index contributed by atoms with van der Waals surface area (Å²) in [7, 11) is 0. The first-order chi connectivity index (χ1) is 12.7. The van der Waals surface area contributed by atoms with E-state index in [-0.39, 0.29) is 17.1 Å². The lowest BCUT2D eigenvalue weighted by molar-refractivity contribution is -0.136. The third-order valence-corrected chi connectivity index (χ3v) is 4.02. The first kappa shape index (κ1) is 18.5. The standard InChI is InChI=1S/C19H16F3N3O2/c1-10-7-11(2)17(26)12(8-10)15-9-16(25-24-15)18(27)23-14-6-4-3-5-13(14)19(20,21)22/h3-9,26H,1-2H3,(H,23,27)(H,24,25). The Hall–Kier alpha value is -3.29. The van der Waals surface area contributed by atoms with Crippen molar-refractivity contribution in [3.8, 4) is 17.0 Å². The predicted molar refractivity (Wildman–Crippen MR) is 94.6 cm³/mol. The second-order valence-electron chi connectivity index (χ2n) is 6.14. The van der Waals surface area contributed by atoms with E-state index in [0.29, 0.717) is 16.8 Å². The Morgan fingerprint density at radius 1 is 1.15 bits per heavy atom. The number of H-pyrrole nitrogens is 1. The molecule has 0 fully saturated rings. The van der Waals surface area contributed by atoms with Crippen LogP contribution in [0.1, 0.15) is 27.2 Å². The fourth-order valence-corrected chi connectivity index (χ4v) is 2.76. The largest absolute Gasteiger partial charge is 0.507 e. The molecule has 0 aliphatic rings. The molecule has 3 N–H and O–H groups in total. The SMILES string of the molecule is Cc1cc(C)c(O)c(-c2cc(C(=O)Nc3ccccc3C(F)(F)F)[nH]n2)c1. The quantitative estimate of drug-likeness (QED) is 0.622. The predicted octanol–water partition coefficient (Wildman–Crippen LogP) is 4.67. The highest BCUT2D eigenvalue weighted by molar-refractivity contribution is 6.04. The van der Waals surface area contributed by atoms with Crippen molar-refractivity contribution >= 4 is 11.6 Å². The molecular weight excluding hydrogens is 359 g/mol. The van der Waals surface area contributed by atoms with Crippen LogP contribution in [0.5, 0.6) is 5.75 Å². The van der Waals surface area contributed by atoms with Crippen molar-refractivity contribution in [2.45, 2.75) is 20.0 Å². The second kappa shape index (κ2) is 6.79. The molecule has 0 radical (unpaired) electrons. The molecule has 0 aliphatic heterocycles. The zero-order valence-corrected chi connectivity index (χ0v) is 14.5. The number of halogens is 3. The number of para-hydroxylation sites is 1. The first-order valence-electron chi connectivity index (χ1n) is 8.00. The van der Waals surface area contributed by atoms with Crippen LogP contribution in [0.15, 0.2) is 42.5 Å². The summed E-state index contributed by atoms with van der Waals surface area (Å²) < 4.78 is 39.1. The minimum absolute atomic E-state index is 0.0273. The van der Waals surface area contributed by atoms with Gasteiger partial charge in [-0.25, -0.2) is 0 Å². The molecule has 1 heterocycles. The van der Waals surface area contributed by atoms with Crippen LogP contribution >= 0.6 is 0 Å². The summed E-state index contributed by atoms with van der Waals surface area (Å²) in [5, 5.41) is 18.9. The minimum atomic E-state index is -4.59. The van der Waals surface area contributed by atoms with Crippen LogP contribution in [0.25, 0.3) is 11.3 Å². The average Bonchev–Trinajstić information content (AvgIpc) is 3.07. The summed E-state index contributed by atoms with van der Waals surface area (Å²) in [6.45, 7) is 3.59. The van der Waals surface area contributed by atoms with Crippen molar-refractivity contribution in [1.82, 2.24) is 10.2 Å². The fourth-order valence-electron chi connectivity index (χ4n) is 2.76. The number of aryl methyl sites for hydroxylation is 2. The summed E-state index contributed by atoms with van der Waals surface area (Å²) >= 11 is 0. The van der Waals surface area contributed by atoms with Gasteiger partial charge >= 0.3 is 6.18 Å². The van der Waals surface area contributed by atoms with E-state index in [9.17, 15) is 23.1 Å². The number of aromatic amines is 1. The monoisotopic (exact) mass is 375 g/mol. The smallest absolute Gasteiger partial charge is 0.418 e. The van der Waals surface area contributed by atoms with Crippen molar-refractivity contribution in [3.05, 3.63) is 64.8 Å². The van der Waals surface area contributed by atoms with Gasteiger partial charge in [-0.3, -0.25) is 9.89 Å². The van der Waals surface area contributed by atoms with Crippen molar-refractivity contribution in [2.24, 2.45) is 0 Å². The number of aromatic hydroxyl groups is 1. The number of phenolic OH excluding ortho intramolecular Hbond substituents is 1. The highest BCUT2D eigenvalue weighted by atomic mass is 19.4. The lowest BCUT2D eigenvalue weighted by Crippen LogP contribution is -2.16. The molecule has 1 amide bonds. The number of benzene rings is 2. The molecule has 0 spiro atoms. The number of alkyl halides is 3. The molecule has 8 heteroatoms. The van der Waals surface area contributed by atoms with Gasteiger partial charge in [0.15, 0.2) is 0 Å². The molecule has 0 aliphatic carbocycles. The van der Waals surface area contributed by atoms with E-state index in [1.807, 2.05) is 6.92 Å². The highest BCUT2D eigenvalue weighted by Gasteiger charge is 2.33. The van der Waals surface area contributed by atoms with Gasteiger partial charge in [-0.15, -0.1) is 0 Å². The minimum Gasteiger partial charge on any atom is -0.507 e. The van der Waals surface area contributed by atoms with Gasteiger partial charge in [0.2, 0.25) is 0 Å². The van der Waals surface area contributed by atoms with Crippen LogP contribution in [0.3, 0.4) is 0 Å². The summed E-state index contributed by atoms with van der Waals surface area (Å²) in [5.41, 5.74) is 0.976. The van der Waals surface area contributed by atoms with Gasteiger partial charge in [0, 0.05) is 5.56 Å². The Bertz CT molecular complexity index is 1010. The van der Waals surface area contributed by atoms with Crippen molar-refractivity contribution in [3.63, 3.8) is 0 Å². The molecule has 27 heavy (non-hydrogen) atoms. The topological polar surface area (TPSA) is 78.0 Å². The molecule has 5 nitrogen and oxygen atoms in total. The summed E-state index contributed by atoms with van der Waals surface area (Å²) in [5.74, 6) is -0.740. The molecule has 1 aromatic heterocycles. The van der Waals surface area contributed by atoms with Gasteiger partial charge in [0.05, 0.1) is 16.9 Å². The molecule has 0 atom stereocenters. The van der Waals surface area contributed by atoms with E-state index in [2.05, 4.69) is 15.5 Å². The molecule has 0 saturated heterocycles. The van der Waals surface area contributed by atoms with Crippen LogP contribution < -0.4 is 5.32 Å². The van der Waals surface area contributed by atoms with E-state index < -0.39 is 17.6 Å². The normalized spacial score (nSPS) is 11.4. The Morgan fingerprint density at radius 3 is 2.56 bits per heavy atom. The van der Waals surface area contributed by atoms with Gasteiger partial charge < -0.3 is 10.4 Å². The number of hydrogen-bond donors (Lipinski definition) is 3. The third kappa shape index (κ3) is 3.79. The van der Waals surface area contributed by atoms with E-state index in [0.717, 1.165) is 11.6 Å². The van der Waals surface area contributed by atoms with E-state index in [4.69, 9.17) is 0 Å². The maximum Gasteiger partial charge on any atom is 0.418 e. The van der Waals surface area contributed by atoms with Crippen molar-refractivity contribution in [2.75, 3.05) is 5.32 Å². The Kier molecular flexibility index (Phi) is 4.65. The molecule has 3 aromatic rings. The van der Waals surface area contributed by atoms with Crippen LogP contribution in [0, 0.1) is 13.8 Å². The number of nitrogens with zero attached hydrogens (tertiary/aromatic N) is 1. The maximum absolute atomic E-state index is 13.0. The fraction of sp³-hybridized carbons (Fsp3) is 0.158. The van der Waals surface area contributed by atoms with Crippen molar-refractivity contribution < 1.29 is 23.1 Å².